The van der Waals surface area contributed by atoms with Gasteiger partial charge in [0.1, 0.15) is 0 Å². The highest BCUT2D eigenvalue weighted by molar-refractivity contribution is 7.91. The lowest BCUT2D eigenvalue weighted by Gasteiger charge is -2.23. The molecule has 8 nitrogen and oxygen atoms in total. The molecular formula is C29H37N5O3S. The summed E-state index contributed by atoms with van der Waals surface area (Å²) in [6.45, 7) is 9.67. The van der Waals surface area contributed by atoms with Crippen LogP contribution < -0.4 is 5.32 Å². The minimum Gasteiger partial charge on any atom is -0.332 e. The van der Waals surface area contributed by atoms with Gasteiger partial charge in [0.2, 0.25) is 0 Å². The minimum atomic E-state index is -3.30. The van der Waals surface area contributed by atoms with E-state index in [1.807, 2.05) is 11.0 Å². The Morgan fingerprint density at radius 1 is 1.05 bits per heavy atom. The van der Waals surface area contributed by atoms with Crippen LogP contribution in [-0.2, 0) is 21.8 Å². The van der Waals surface area contributed by atoms with Crippen LogP contribution in [0.15, 0.2) is 59.8 Å². The van der Waals surface area contributed by atoms with Gasteiger partial charge in [-0.1, -0.05) is 58.0 Å². The van der Waals surface area contributed by atoms with Crippen LogP contribution in [0.1, 0.15) is 80.9 Å². The molecule has 1 aromatic carbocycles. The number of urea groups is 1. The zero-order valence-corrected chi connectivity index (χ0v) is 23.4. The Labute approximate surface area is 225 Å². The van der Waals surface area contributed by atoms with Crippen LogP contribution in [0.2, 0.25) is 0 Å². The SMILES string of the molecule is CCS(=O)(=O)c1ccc(CNC(=O)N2CC(c3ccccc3)C(c3cn(C4CC4)nc3C(C)(C)C)C2)nc1. The molecule has 2 fully saturated rings. The third kappa shape index (κ3) is 5.48. The normalized spacial score (nSPS) is 20.1. The van der Waals surface area contributed by atoms with E-state index < -0.39 is 9.84 Å². The fraction of sp³-hybridized carbons (Fsp3) is 0.483. The number of sulfone groups is 1. The van der Waals surface area contributed by atoms with E-state index in [0.29, 0.717) is 24.8 Å². The molecule has 3 aromatic rings. The van der Waals surface area contributed by atoms with Crippen molar-refractivity contribution in [1.82, 2.24) is 25.0 Å². The van der Waals surface area contributed by atoms with E-state index >= 15 is 0 Å². The van der Waals surface area contributed by atoms with Crippen molar-refractivity contribution in [3.63, 3.8) is 0 Å². The van der Waals surface area contributed by atoms with Crippen LogP contribution in [0.25, 0.3) is 0 Å². The molecule has 1 saturated carbocycles. The third-order valence-corrected chi connectivity index (χ3v) is 9.30. The molecule has 202 valence electrons. The number of pyridine rings is 1. The molecule has 1 aliphatic carbocycles. The standard InChI is InChI=1S/C29H37N5O3S/c1-5-38(36,37)23-14-11-21(30-16-23)15-31-28(35)33-17-24(20-9-7-6-8-10-20)25(18-33)26-19-34(22-12-13-22)32-27(26)29(2,3)4/h6-11,14,16,19,22,24-25H,5,12-13,15,17-18H2,1-4H3,(H,31,35). The Hall–Kier alpha value is -3.20. The van der Waals surface area contributed by atoms with Gasteiger partial charge in [-0.15, -0.1) is 0 Å². The van der Waals surface area contributed by atoms with Crippen molar-refractivity contribution < 1.29 is 13.2 Å². The number of amides is 2. The lowest BCUT2D eigenvalue weighted by atomic mass is 9.79. The maximum atomic E-state index is 13.3. The molecule has 2 unspecified atom stereocenters. The van der Waals surface area contributed by atoms with E-state index in [0.717, 1.165) is 5.69 Å². The van der Waals surface area contributed by atoms with Crippen molar-refractivity contribution in [3.8, 4) is 0 Å². The zero-order chi connectivity index (χ0) is 27.1. The predicted molar refractivity (Wildman–Crippen MR) is 147 cm³/mol. The van der Waals surface area contributed by atoms with Gasteiger partial charge < -0.3 is 10.2 Å². The van der Waals surface area contributed by atoms with E-state index in [4.69, 9.17) is 5.10 Å². The molecule has 38 heavy (non-hydrogen) atoms. The monoisotopic (exact) mass is 535 g/mol. The minimum absolute atomic E-state index is 0.0277. The van der Waals surface area contributed by atoms with Crippen molar-refractivity contribution in [3.05, 3.63) is 77.4 Å². The average molecular weight is 536 g/mol. The topological polar surface area (TPSA) is 97.2 Å². The van der Waals surface area contributed by atoms with Gasteiger partial charge >= 0.3 is 6.03 Å². The highest BCUT2D eigenvalue weighted by atomic mass is 32.2. The number of aromatic nitrogens is 3. The van der Waals surface area contributed by atoms with E-state index in [1.165, 1.54) is 30.2 Å². The van der Waals surface area contributed by atoms with Gasteiger partial charge in [-0.2, -0.15) is 5.10 Å². The van der Waals surface area contributed by atoms with E-state index in [2.05, 4.69) is 66.2 Å². The molecule has 3 heterocycles. The van der Waals surface area contributed by atoms with Gasteiger partial charge in [-0.25, -0.2) is 13.2 Å². The Morgan fingerprint density at radius 2 is 1.76 bits per heavy atom. The largest absolute Gasteiger partial charge is 0.332 e. The van der Waals surface area contributed by atoms with Gasteiger partial charge in [0.05, 0.1) is 34.6 Å². The van der Waals surface area contributed by atoms with Crippen LogP contribution in [0.4, 0.5) is 4.79 Å². The van der Waals surface area contributed by atoms with Crippen molar-refractivity contribution in [2.75, 3.05) is 18.8 Å². The summed E-state index contributed by atoms with van der Waals surface area (Å²) in [5.41, 5.74) is 4.09. The van der Waals surface area contributed by atoms with Crippen molar-refractivity contribution in [2.24, 2.45) is 0 Å². The van der Waals surface area contributed by atoms with E-state index in [9.17, 15) is 13.2 Å². The summed E-state index contributed by atoms with van der Waals surface area (Å²) in [6.07, 6.45) is 5.94. The number of nitrogens with zero attached hydrogens (tertiary/aromatic N) is 4. The summed E-state index contributed by atoms with van der Waals surface area (Å²) >= 11 is 0. The molecule has 2 aromatic heterocycles. The van der Waals surface area contributed by atoms with Gasteiger partial charge in [-0.05, 0) is 36.1 Å². The second kappa shape index (κ2) is 10.2. The van der Waals surface area contributed by atoms with Gasteiger partial charge in [0.15, 0.2) is 9.84 Å². The van der Waals surface area contributed by atoms with Gasteiger partial charge in [0.25, 0.3) is 0 Å². The van der Waals surface area contributed by atoms with Crippen LogP contribution in [-0.4, -0.2) is 53.0 Å². The first-order valence-corrected chi connectivity index (χ1v) is 15.1. The van der Waals surface area contributed by atoms with Gasteiger partial charge in [-0.3, -0.25) is 9.67 Å². The van der Waals surface area contributed by atoms with Crippen LogP contribution in [0, 0.1) is 0 Å². The molecule has 1 N–H and O–H groups in total. The fourth-order valence-corrected chi connectivity index (χ4v) is 6.08. The Morgan fingerprint density at radius 3 is 2.37 bits per heavy atom. The molecular weight excluding hydrogens is 498 g/mol. The average Bonchev–Trinajstić information content (AvgIpc) is 3.49. The highest BCUT2D eigenvalue weighted by Gasteiger charge is 2.41. The maximum absolute atomic E-state index is 13.3. The molecule has 9 heteroatoms. The molecule has 2 atom stereocenters. The number of carbonyl (C=O) groups is 1. The second-order valence-corrected chi connectivity index (χ2v) is 13.7. The van der Waals surface area contributed by atoms with E-state index in [-0.39, 0.29) is 40.5 Å². The molecule has 0 spiro atoms. The van der Waals surface area contributed by atoms with Crippen molar-refractivity contribution in [1.29, 1.82) is 0 Å². The molecule has 1 aliphatic heterocycles. The number of nitrogens with one attached hydrogen (secondary N) is 1. The quantitative estimate of drug-likeness (QED) is 0.469. The second-order valence-electron chi connectivity index (χ2n) is 11.5. The zero-order valence-electron chi connectivity index (χ0n) is 22.6. The number of likely N-dealkylation sites (tertiary alicyclic amines) is 1. The summed E-state index contributed by atoms with van der Waals surface area (Å²) in [5.74, 6) is 0.332. The molecule has 2 aliphatic rings. The highest BCUT2D eigenvalue weighted by Crippen LogP contribution is 2.44. The van der Waals surface area contributed by atoms with Crippen molar-refractivity contribution in [2.45, 2.75) is 75.3 Å². The predicted octanol–water partition coefficient (Wildman–Crippen LogP) is 4.80. The number of carbonyl (C=O) groups excluding carboxylic acids is 1. The first-order valence-electron chi connectivity index (χ1n) is 13.4. The first kappa shape index (κ1) is 26.4. The van der Waals surface area contributed by atoms with Crippen LogP contribution in [0.3, 0.4) is 0 Å². The van der Waals surface area contributed by atoms with Crippen molar-refractivity contribution >= 4 is 15.9 Å². The lowest BCUT2D eigenvalue weighted by molar-refractivity contribution is 0.207. The summed E-state index contributed by atoms with van der Waals surface area (Å²) in [4.78, 5) is 19.7. The van der Waals surface area contributed by atoms with E-state index in [1.54, 1.807) is 19.1 Å². The summed E-state index contributed by atoms with van der Waals surface area (Å²) < 4.78 is 26.3. The molecule has 0 bridgehead atoms. The fourth-order valence-electron chi connectivity index (χ4n) is 5.25. The first-order chi connectivity index (χ1) is 18.1. The molecule has 1 saturated heterocycles. The number of rotatable bonds is 7. The van der Waals surface area contributed by atoms with Crippen LogP contribution in [0.5, 0.6) is 0 Å². The van der Waals surface area contributed by atoms with Crippen LogP contribution >= 0.6 is 0 Å². The third-order valence-electron chi connectivity index (χ3n) is 7.58. The maximum Gasteiger partial charge on any atom is 0.317 e. The number of hydrogen-bond acceptors (Lipinski definition) is 5. The summed E-state index contributed by atoms with van der Waals surface area (Å²) in [6, 6.07) is 14.0. The van der Waals surface area contributed by atoms with Gasteiger partial charge in [0, 0.05) is 42.7 Å². The summed E-state index contributed by atoms with van der Waals surface area (Å²) in [7, 11) is -3.30. The smallest absolute Gasteiger partial charge is 0.317 e. The number of benzene rings is 1. The Balaban J connectivity index is 1.36. The Kier molecular flexibility index (Phi) is 7.07. The lowest BCUT2D eigenvalue weighted by Crippen LogP contribution is -2.38. The molecule has 2 amide bonds. The number of hydrogen-bond donors (Lipinski definition) is 1. The Bertz CT molecular complexity index is 1390. The molecule has 0 radical (unpaired) electrons. The summed E-state index contributed by atoms with van der Waals surface area (Å²) in [5, 5.41) is 8.03. The molecule has 5 rings (SSSR count).